The van der Waals surface area contributed by atoms with Gasteiger partial charge in [0.2, 0.25) is 0 Å². The van der Waals surface area contributed by atoms with E-state index < -0.39 is 0 Å². The zero-order valence-electron chi connectivity index (χ0n) is 6.75. The van der Waals surface area contributed by atoms with Crippen molar-refractivity contribution in [2.45, 2.75) is 32.8 Å². The second-order valence-electron chi connectivity index (χ2n) is 4.18. The van der Waals surface area contributed by atoms with Crippen molar-refractivity contribution in [3.05, 3.63) is 0 Å². The molecule has 10 heavy (non-hydrogen) atoms. The number of aliphatic hydroxyl groups excluding tert-OH is 1. The highest BCUT2D eigenvalue weighted by molar-refractivity contribution is 4.97. The molecule has 0 spiro atoms. The van der Waals surface area contributed by atoms with E-state index in [1.807, 2.05) is 0 Å². The summed E-state index contributed by atoms with van der Waals surface area (Å²) >= 11 is 0. The van der Waals surface area contributed by atoms with Crippen LogP contribution in [0.15, 0.2) is 0 Å². The lowest BCUT2D eigenvalue weighted by atomic mass is 9.80. The first kappa shape index (κ1) is 6.66. The minimum absolute atomic E-state index is 0.0381. The molecule has 0 heterocycles. The molecule has 2 rings (SSSR count). The lowest BCUT2D eigenvalue weighted by Gasteiger charge is -2.28. The van der Waals surface area contributed by atoms with Crippen LogP contribution in [0.4, 0.5) is 0 Å². The molecule has 0 radical (unpaired) electrons. The molecule has 0 unspecified atom stereocenters. The molecule has 0 amide bonds. The first-order chi connectivity index (χ1) is 4.70. The summed E-state index contributed by atoms with van der Waals surface area (Å²) in [6.45, 7) is 4.62. The Morgan fingerprint density at radius 3 is 2.20 bits per heavy atom. The van der Waals surface area contributed by atoms with Crippen molar-refractivity contribution in [3.8, 4) is 0 Å². The molecule has 1 heteroatoms. The van der Waals surface area contributed by atoms with E-state index in [2.05, 4.69) is 13.8 Å². The molecule has 0 aromatic heterocycles. The molecule has 58 valence electrons. The minimum atomic E-state index is 0.0381. The van der Waals surface area contributed by atoms with Crippen molar-refractivity contribution in [3.63, 3.8) is 0 Å². The predicted octanol–water partition coefficient (Wildman–Crippen LogP) is 1.66. The maximum absolute atomic E-state index is 9.51. The van der Waals surface area contributed by atoms with Gasteiger partial charge in [0.15, 0.2) is 0 Å². The second-order valence-corrected chi connectivity index (χ2v) is 4.18. The van der Waals surface area contributed by atoms with Gasteiger partial charge in [-0.2, -0.15) is 0 Å². The Balaban J connectivity index is 2.16. The van der Waals surface area contributed by atoms with Crippen LogP contribution in [0.25, 0.3) is 0 Å². The van der Waals surface area contributed by atoms with Gasteiger partial charge < -0.3 is 5.11 Å². The fourth-order valence-electron chi connectivity index (χ4n) is 2.90. The predicted molar refractivity (Wildman–Crippen MR) is 40.5 cm³/mol. The molecule has 2 saturated carbocycles. The van der Waals surface area contributed by atoms with E-state index in [-0.39, 0.29) is 6.10 Å². The summed E-state index contributed by atoms with van der Waals surface area (Å²) in [6.07, 6.45) is 2.41. The van der Waals surface area contributed by atoms with Gasteiger partial charge in [0.1, 0.15) is 0 Å². The standard InChI is InChI=1S/C9H16O/c1-5-6(2)8-3-7(5)4-9(8)10/h5-10H,3-4H2,1-2H3/t5-,6+,7+,8+,9+/m1/s1. The number of aliphatic hydroxyl groups is 1. The van der Waals surface area contributed by atoms with Crippen LogP contribution in [0, 0.1) is 23.7 Å². The SMILES string of the molecule is C[C@H]1[C@H]2C[C@@H]([C@H]1C)[C@@H](O)C2. The van der Waals surface area contributed by atoms with E-state index in [0.29, 0.717) is 5.92 Å². The molecule has 0 saturated heterocycles. The van der Waals surface area contributed by atoms with Gasteiger partial charge in [0.25, 0.3) is 0 Å². The Morgan fingerprint density at radius 1 is 1.10 bits per heavy atom. The molecular weight excluding hydrogens is 124 g/mol. The normalized spacial score (nSPS) is 59.7. The number of rotatable bonds is 0. The molecule has 0 aromatic rings. The van der Waals surface area contributed by atoms with Crippen molar-refractivity contribution in [2.75, 3.05) is 0 Å². The first-order valence-electron chi connectivity index (χ1n) is 4.38. The van der Waals surface area contributed by atoms with Gasteiger partial charge in [-0.15, -0.1) is 0 Å². The Labute approximate surface area is 62.4 Å². The van der Waals surface area contributed by atoms with Crippen LogP contribution in [0.2, 0.25) is 0 Å². The van der Waals surface area contributed by atoms with Crippen molar-refractivity contribution in [1.82, 2.24) is 0 Å². The van der Waals surface area contributed by atoms with E-state index in [0.717, 1.165) is 24.2 Å². The van der Waals surface area contributed by atoms with Gasteiger partial charge in [-0.05, 0) is 36.5 Å². The molecule has 2 bridgehead atoms. The van der Waals surface area contributed by atoms with Crippen LogP contribution in [-0.4, -0.2) is 11.2 Å². The van der Waals surface area contributed by atoms with Crippen LogP contribution < -0.4 is 0 Å². The number of hydrogen-bond acceptors (Lipinski definition) is 1. The van der Waals surface area contributed by atoms with E-state index in [4.69, 9.17) is 0 Å². The van der Waals surface area contributed by atoms with Gasteiger partial charge in [0.05, 0.1) is 6.10 Å². The fraction of sp³-hybridized carbons (Fsp3) is 1.00. The van der Waals surface area contributed by atoms with E-state index >= 15 is 0 Å². The van der Waals surface area contributed by atoms with Crippen molar-refractivity contribution in [2.24, 2.45) is 23.7 Å². The van der Waals surface area contributed by atoms with E-state index in [1.165, 1.54) is 6.42 Å². The highest BCUT2D eigenvalue weighted by Crippen LogP contribution is 2.51. The Morgan fingerprint density at radius 2 is 1.80 bits per heavy atom. The smallest absolute Gasteiger partial charge is 0.0573 e. The van der Waals surface area contributed by atoms with Gasteiger partial charge in [-0.25, -0.2) is 0 Å². The van der Waals surface area contributed by atoms with Crippen LogP contribution in [0.5, 0.6) is 0 Å². The minimum Gasteiger partial charge on any atom is -0.393 e. The zero-order valence-corrected chi connectivity index (χ0v) is 6.75. The highest BCUT2D eigenvalue weighted by Gasteiger charge is 2.47. The average Bonchev–Trinajstić information content (AvgIpc) is 2.36. The summed E-state index contributed by atoms with van der Waals surface area (Å²) in [7, 11) is 0. The lowest BCUT2D eigenvalue weighted by Crippen LogP contribution is -2.27. The van der Waals surface area contributed by atoms with Crippen LogP contribution in [0.3, 0.4) is 0 Å². The molecule has 1 nitrogen and oxygen atoms in total. The summed E-state index contributed by atoms with van der Waals surface area (Å²) in [4.78, 5) is 0. The van der Waals surface area contributed by atoms with Gasteiger partial charge in [-0.3, -0.25) is 0 Å². The molecule has 2 fully saturated rings. The van der Waals surface area contributed by atoms with Crippen molar-refractivity contribution < 1.29 is 5.11 Å². The van der Waals surface area contributed by atoms with E-state index in [9.17, 15) is 5.11 Å². The molecule has 5 atom stereocenters. The molecule has 1 N–H and O–H groups in total. The maximum atomic E-state index is 9.51. The van der Waals surface area contributed by atoms with Gasteiger partial charge in [-0.1, -0.05) is 13.8 Å². The largest absolute Gasteiger partial charge is 0.393 e. The second kappa shape index (κ2) is 1.97. The van der Waals surface area contributed by atoms with Crippen LogP contribution in [-0.2, 0) is 0 Å². The summed E-state index contributed by atoms with van der Waals surface area (Å²) in [5.41, 5.74) is 0. The van der Waals surface area contributed by atoms with Crippen LogP contribution in [0.1, 0.15) is 26.7 Å². The van der Waals surface area contributed by atoms with Gasteiger partial charge >= 0.3 is 0 Å². The molecule has 2 aliphatic rings. The Bertz CT molecular complexity index is 142. The lowest BCUT2D eigenvalue weighted by molar-refractivity contribution is 0.0645. The topological polar surface area (TPSA) is 20.2 Å². The zero-order chi connectivity index (χ0) is 7.30. The molecular formula is C9H16O. The summed E-state index contributed by atoms with van der Waals surface area (Å²) in [5.74, 6) is 3.12. The maximum Gasteiger partial charge on any atom is 0.0573 e. The average molecular weight is 140 g/mol. The molecule has 0 aliphatic heterocycles. The first-order valence-corrected chi connectivity index (χ1v) is 4.38. The monoisotopic (exact) mass is 140 g/mol. The molecule has 2 aliphatic carbocycles. The number of hydrogen-bond donors (Lipinski definition) is 1. The third-order valence-corrected chi connectivity index (χ3v) is 3.86. The summed E-state index contributed by atoms with van der Waals surface area (Å²) in [5, 5.41) is 9.51. The van der Waals surface area contributed by atoms with Crippen molar-refractivity contribution >= 4 is 0 Å². The molecule has 0 aromatic carbocycles. The Hall–Kier alpha value is -0.0400. The highest BCUT2D eigenvalue weighted by atomic mass is 16.3. The van der Waals surface area contributed by atoms with E-state index in [1.54, 1.807) is 0 Å². The fourth-order valence-corrected chi connectivity index (χ4v) is 2.90. The van der Waals surface area contributed by atoms with Crippen molar-refractivity contribution in [1.29, 1.82) is 0 Å². The Kier molecular flexibility index (Phi) is 1.31. The third-order valence-electron chi connectivity index (χ3n) is 3.86. The van der Waals surface area contributed by atoms with Crippen LogP contribution >= 0.6 is 0 Å². The quantitative estimate of drug-likeness (QED) is 0.542. The van der Waals surface area contributed by atoms with Gasteiger partial charge in [0, 0.05) is 0 Å². The summed E-state index contributed by atoms with van der Waals surface area (Å²) < 4.78 is 0. The number of fused-ring (bicyclic) bond motifs is 2. The summed E-state index contributed by atoms with van der Waals surface area (Å²) in [6, 6.07) is 0. The third kappa shape index (κ3) is 0.672.